The van der Waals surface area contributed by atoms with Crippen LogP contribution in [-0.2, 0) is 6.54 Å². The van der Waals surface area contributed by atoms with Gasteiger partial charge in [0, 0.05) is 11.0 Å². The molecule has 0 fully saturated rings. The largest absolute Gasteiger partial charge is 0.493 e. The molecule has 0 saturated heterocycles. The normalized spacial score (nSPS) is 11.3. The first-order valence-electron chi connectivity index (χ1n) is 6.34. The van der Waals surface area contributed by atoms with Crippen molar-refractivity contribution in [3.05, 3.63) is 43.3 Å². The topological polar surface area (TPSA) is 54.6 Å². The number of aliphatic imine (C=N–C) groups is 1. The van der Waals surface area contributed by atoms with Crippen LogP contribution in [0.25, 0.3) is 0 Å². The quantitative estimate of drug-likeness (QED) is 0.827. The Hall–Kier alpha value is -1.40. The van der Waals surface area contributed by atoms with Gasteiger partial charge in [0.15, 0.2) is 0 Å². The van der Waals surface area contributed by atoms with Gasteiger partial charge < -0.3 is 5.11 Å². The predicted octanol–water partition coefficient (Wildman–Crippen LogP) is 3.93. The number of thiazole rings is 1. The molecule has 0 saturated carbocycles. The molecule has 0 amide bonds. The van der Waals surface area contributed by atoms with E-state index < -0.39 is 0 Å². The number of nitrogens with zero attached hydrogens (tertiary/aromatic N) is 2. The highest BCUT2D eigenvalue weighted by molar-refractivity contribution is 9.10. The molecule has 2 aromatic rings. The maximum absolute atomic E-state index is 11.8. The highest BCUT2D eigenvalue weighted by atomic mass is 79.9. The van der Waals surface area contributed by atoms with Crippen molar-refractivity contribution in [3.8, 4) is 5.88 Å². The van der Waals surface area contributed by atoms with Crippen molar-refractivity contribution in [2.45, 2.75) is 26.3 Å². The van der Waals surface area contributed by atoms with Crippen LogP contribution in [0.2, 0.25) is 0 Å². The Morgan fingerprint density at radius 2 is 2.10 bits per heavy atom. The molecule has 1 heterocycles. The SMILES string of the molecule is CCCCn1c(O)c(C=Nc2ccc(Br)cc2)sc1=O. The molecule has 2 rings (SSSR count). The van der Waals surface area contributed by atoms with Gasteiger partial charge in [-0.3, -0.25) is 14.4 Å². The van der Waals surface area contributed by atoms with Crippen molar-refractivity contribution in [2.75, 3.05) is 0 Å². The molecule has 0 aliphatic rings. The molecule has 4 nitrogen and oxygen atoms in total. The van der Waals surface area contributed by atoms with Crippen LogP contribution in [0.4, 0.5) is 5.69 Å². The van der Waals surface area contributed by atoms with Gasteiger partial charge in [-0.15, -0.1) is 0 Å². The van der Waals surface area contributed by atoms with Crippen LogP contribution in [0.3, 0.4) is 0 Å². The van der Waals surface area contributed by atoms with Crippen molar-refractivity contribution in [1.29, 1.82) is 0 Å². The average Bonchev–Trinajstić information content (AvgIpc) is 2.71. The van der Waals surface area contributed by atoms with Crippen molar-refractivity contribution in [2.24, 2.45) is 4.99 Å². The van der Waals surface area contributed by atoms with Gasteiger partial charge in [-0.1, -0.05) is 40.6 Å². The summed E-state index contributed by atoms with van der Waals surface area (Å²) in [7, 11) is 0. The van der Waals surface area contributed by atoms with Crippen LogP contribution in [0.1, 0.15) is 24.6 Å². The lowest BCUT2D eigenvalue weighted by Crippen LogP contribution is -2.12. The van der Waals surface area contributed by atoms with Crippen molar-refractivity contribution < 1.29 is 5.11 Å². The first kappa shape index (κ1) is 15.0. The van der Waals surface area contributed by atoms with Gasteiger partial charge in [-0.05, 0) is 30.7 Å². The van der Waals surface area contributed by atoms with Crippen LogP contribution in [0.15, 0.2) is 38.5 Å². The molecule has 20 heavy (non-hydrogen) atoms. The molecule has 0 spiro atoms. The van der Waals surface area contributed by atoms with Gasteiger partial charge in [-0.2, -0.15) is 0 Å². The maximum atomic E-state index is 11.8. The summed E-state index contributed by atoms with van der Waals surface area (Å²) >= 11 is 4.37. The van der Waals surface area contributed by atoms with E-state index in [9.17, 15) is 9.90 Å². The van der Waals surface area contributed by atoms with Gasteiger partial charge >= 0.3 is 4.87 Å². The van der Waals surface area contributed by atoms with Crippen LogP contribution in [0, 0.1) is 0 Å². The van der Waals surface area contributed by atoms with E-state index in [0.29, 0.717) is 11.4 Å². The number of aromatic nitrogens is 1. The fourth-order valence-corrected chi connectivity index (χ4v) is 2.72. The van der Waals surface area contributed by atoms with E-state index >= 15 is 0 Å². The summed E-state index contributed by atoms with van der Waals surface area (Å²) in [5, 5.41) is 10.0. The fourth-order valence-electron chi connectivity index (χ4n) is 1.67. The Kier molecular flexibility index (Phi) is 5.14. The number of hydrogen-bond acceptors (Lipinski definition) is 4. The van der Waals surface area contributed by atoms with Crippen LogP contribution in [0.5, 0.6) is 5.88 Å². The first-order chi connectivity index (χ1) is 9.61. The summed E-state index contributed by atoms with van der Waals surface area (Å²) in [4.78, 5) is 16.4. The minimum atomic E-state index is -0.145. The molecular weight excluding hydrogens is 340 g/mol. The lowest BCUT2D eigenvalue weighted by Gasteiger charge is -2.01. The number of unbranched alkanes of at least 4 members (excludes halogenated alkanes) is 1. The second kappa shape index (κ2) is 6.85. The summed E-state index contributed by atoms with van der Waals surface area (Å²) < 4.78 is 2.38. The predicted molar refractivity (Wildman–Crippen MR) is 86.5 cm³/mol. The smallest absolute Gasteiger partial charge is 0.310 e. The van der Waals surface area contributed by atoms with Gasteiger partial charge in [0.25, 0.3) is 0 Å². The Balaban J connectivity index is 2.21. The highest BCUT2D eigenvalue weighted by Crippen LogP contribution is 2.21. The first-order valence-corrected chi connectivity index (χ1v) is 7.95. The summed E-state index contributed by atoms with van der Waals surface area (Å²) in [5.41, 5.74) is 0.772. The molecule has 0 aliphatic carbocycles. The minimum absolute atomic E-state index is 0.00862. The monoisotopic (exact) mass is 354 g/mol. The molecular formula is C14H15BrN2O2S. The molecule has 0 bridgehead atoms. The van der Waals surface area contributed by atoms with E-state index in [4.69, 9.17) is 0 Å². The van der Waals surface area contributed by atoms with Crippen LogP contribution >= 0.6 is 27.3 Å². The van der Waals surface area contributed by atoms with E-state index in [1.165, 1.54) is 10.8 Å². The Morgan fingerprint density at radius 3 is 2.75 bits per heavy atom. The number of aromatic hydroxyl groups is 1. The second-order valence-corrected chi connectivity index (χ2v) is 6.20. The van der Waals surface area contributed by atoms with Crippen LogP contribution in [-0.4, -0.2) is 15.9 Å². The molecule has 1 aromatic carbocycles. The molecule has 6 heteroatoms. The van der Waals surface area contributed by atoms with Gasteiger partial charge in [-0.25, -0.2) is 0 Å². The van der Waals surface area contributed by atoms with Gasteiger partial charge in [0.1, 0.15) is 4.88 Å². The molecule has 0 radical (unpaired) electrons. The number of rotatable bonds is 5. The Morgan fingerprint density at radius 1 is 1.40 bits per heavy atom. The zero-order valence-corrected chi connectivity index (χ0v) is 13.4. The molecule has 1 N–H and O–H groups in total. The zero-order chi connectivity index (χ0) is 14.5. The summed E-state index contributed by atoms with van der Waals surface area (Å²) in [5.74, 6) is 0.00862. The standard InChI is InChI=1S/C14H15BrN2O2S/c1-2-3-8-17-13(18)12(20-14(17)19)9-16-11-6-4-10(15)5-7-11/h4-7,9,18H,2-3,8H2,1H3. The number of halogens is 1. The van der Waals surface area contributed by atoms with Crippen molar-refractivity contribution in [3.63, 3.8) is 0 Å². The Labute approximate surface area is 129 Å². The molecule has 106 valence electrons. The van der Waals surface area contributed by atoms with E-state index in [1.807, 2.05) is 31.2 Å². The molecule has 0 atom stereocenters. The average molecular weight is 355 g/mol. The highest BCUT2D eigenvalue weighted by Gasteiger charge is 2.11. The van der Waals surface area contributed by atoms with Gasteiger partial charge in [0.2, 0.25) is 5.88 Å². The zero-order valence-electron chi connectivity index (χ0n) is 11.0. The maximum Gasteiger partial charge on any atom is 0.310 e. The minimum Gasteiger partial charge on any atom is -0.493 e. The summed E-state index contributed by atoms with van der Waals surface area (Å²) in [6.45, 7) is 2.59. The lowest BCUT2D eigenvalue weighted by molar-refractivity contribution is 0.408. The van der Waals surface area contributed by atoms with E-state index in [1.54, 1.807) is 0 Å². The van der Waals surface area contributed by atoms with E-state index in [2.05, 4.69) is 20.9 Å². The van der Waals surface area contributed by atoms with Gasteiger partial charge in [0.05, 0.1) is 11.9 Å². The third kappa shape index (κ3) is 3.58. The van der Waals surface area contributed by atoms with E-state index in [-0.39, 0.29) is 10.8 Å². The third-order valence-corrected chi connectivity index (χ3v) is 4.22. The molecule has 0 aliphatic heterocycles. The summed E-state index contributed by atoms with van der Waals surface area (Å²) in [6.07, 6.45) is 3.38. The molecule has 0 unspecified atom stereocenters. The lowest BCUT2D eigenvalue weighted by atomic mass is 10.3. The third-order valence-electron chi connectivity index (χ3n) is 2.79. The fraction of sp³-hybridized carbons (Fsp3) is 0.286. The summed E-state index contributed by atoms with van der Waals surface area (Å²) in [6, 6.07) is 7.49. The van der Waals surface area contributed by atoms with Crippen LogP contribution < -0.4 is 4.87 Å². The Bertz CT molecular complexity index is 659. The van der Waals surface area contributed by atoms with E-state index in [0.717, 1.165) is 34.3 Å². The van der Waals surface area contributed by atoms with Crippen molar-refractivity contribution >= 4 is 39.2 Å². The molecule has 1 aromatic heterocycles. The van der Waals surface area contributed by atoms with Crippen molar-refractivity contribution in [1.82, 2.24) is 4.57 Å². The second-order valence-electron chi connectivity index (χ2n) is 4.30. The number of hydrogen-bond donors (Lipinski definition) is 1. The number of benzene rings is 1.